The van der Waals surface area contributed by atoms with E-state index in [2.05, 4.69) is 20.7 Å². The molecule has 0 radical (unpaired) electrons. The van der Waals surface area contributed by atoms with Crippen LogP contribution in [-0.2, 0) is 11.2 Å². The summed E-state index contributed by atoms with van der Waals surface area (Å²) in [4.78, 5) is 29.9. The van der Waals surface area contributed by atoms with E-state index < -0.39 is 11.9 Å². The Labute approximate surface area is 172 Å². The Bertz CT molecular complexity index is 1140. The van der Waals surface area contributed by atoms with Gasteiger partial charge in [0.25, 0.3) is 5.91 Å². The Kier molecular flexibility index (Phi) is 4.23. The van der Waals surface area contributed by atoms with Gasteiger partial charge >= 0.3 is 0 Å². The molecule has 30 heavy (non-hydrogen) atoms. The second-order valence-electron chi connectivity index (χ2n) is 7.64. The Morgan fingerprint density at radius 3 is 2.83 bits per heavy atom. The Morgan fingerprint density at radius 2 is 2.10 bits per heavy atom. The number of likely N-dealkylation sites (N-methyl/N-ethyl adjacent to an activating group) is 1. The minimum atomic E-state index is -0.834. The molecule has 9 nitrogen and oxygen atoms in total. The van der Waals surface area contributed by atoms with Gasteiger partial charge in [0.15, 0.2) is 11.9 Å². The van der Waals surface area contributed by atoms with Crippen LogP contribution in [0.2, 0.25) is 0 Å². The van der Waals surface area contributed by atoms with E-state index >= 15 is 0 Å². The Morgan fingerprint density at radius 1 is 1.30 bits per heavy atom. The normalized spacial score (nSPS) is 19.5. The average Bonchev–Trinajstić information content (AvgIpc) is 3.26. The lowest BCUT2D eigenvalue weighted by atomic mass is 10.1. The molecular formula is C21H20N6O3. The summed E-state index contributed by atoms with van der Waals surface area (Å²) in [5.74, 6) is 0.476. The van der Waals surface area contributed by atoms with Gasteiger partial charge in [0.1, 0.15) is 6.04 Å². The van der Waals surface area contributed by atoms with Gasteiger partial charge in [0.05, 0.1) is 11.9 Å². The summed E-state index contributed by atoms with van der Waals surface area (Å²) in [6.45, 7) is 0. The second kappa shape index (κ2) is 6.94. The van der Waals surface area contributed by atoms with E-state index in [0.29, 0.717) is 27.9 Å². The summed E-state index contributed by atoms with van der Waals surface area (Å²) >= 11 is 0. The van der Waals surface area contributed by atoms with E-state index in [4.69, 9.17) is 0 Å². The highest BCUT2D eigenvalue weighted by molar-refractivity contribution is 5.98. The van der Waals surface area contributed by atoms with Crippen LogP contribution in [0.4, 0.5) is 0 Å². The predicted octanol–water partition coefficient (Wildman–Crippen LogP) is 0.777. The molecule has 1 saturated carbocycles. The third kappa shape index (κ3) is 2.99. The van der Waals surface area contributed by atoms with E-state index in [-0.39, 0.29) is 11.6 Å². The number of hydrogen-bond donors (Lipinski definition) is 2. The molecule has 1 fully saturated rings. The minimum absolute atomic E-state index is 0.283. The summed E-state index contributed by atoms with van der Waals surface area (Å²) in [5.41, 5.74) is 2.78. The number of nitrogens with one attached hydrogen (secondary N) is 2. The summed E-state index contributed by atoms with van der Waals surface area (Å²) in [6, 6.07) is 8.23. The highest BCUT2D eigenvalue weighted by Crippen LogP contribution is 2.57. The standard InChI is InChI=1S/C21H20N6O3/c1-22-20(28)17(12-5-3-2-4-6-12)24-21(29)18-15-10-13-9-14(13)19(15)27(25-18)16-11-26(30)8-7-23-16/h2-8,11,13-14,17H,9-10H2,1H3,(H,22,28)(H,24,29)/t13-,14-,17+/m1/s1. The van der Waals surface area contributed by atoms with Crippen LogP contribution < -0.4 is 15.4 Å². The molecule has 2 aliphatic rings. The van der Waals surface area contributed by atoms with E-state index in [1.54, 1.807) is 16.8 Å². The van der Waals surface area contributed by atoms with Crippen LogP contribution in [0.5, 0.6) is 0 Å². The summed E-state index contributed by atoms with van der Waals surface area (Å²) in [7, 11) is 1.53. The zero-order valence-corrected chi connectivity index (χ0v) is 16.3. The number of aromatic nitrogens is 4. The molecule has 2 aliphatic carbocycles. The molecule has 1 aromatic carbocycles. The van der Waals surface area contributed by atoms with Crippen LogP contribution >= 0.6 is 0 Å². The maximum atomic E-state index is 13.2. The summed E-state index contributed by atoms with van der Waals surface area (Å²) in [6.07, 6.45) is 5.86. The van der Waals surface area contributed by atoms with Gasteiger partial charge in [-0.05, 0) is 24.3 Å². The maximum absolute atomic E-state index is 13.2. The highest BCUT2D eigenvalue weighted by atomic mass is 16.5. The van der Waals surface area contributed by atoms with Gasteiger partial charge in [-0.1, -0.05) is 30.3 Å². The first-order valence-corrected chi connectivity index (χ1v) is 9.81. The average molecular weight is 404 g/mol. The second-order valence-corrected chi connectivity index (χ2v) is 7.64. The number of benzene rings is 1. The molecule has 2 heterocycles. The van der Waals surface area contributed by atoms with Gasteiger partial charge < -0.3 is 15.8 Å². The lowest BCUT2D eigenvalue weighted by molar-refractivity contribution is -0.605. The zero-order valence-electron chi connectivity index (χ0n) is 16.3. The summed E-state index contributed by atoms with van der Waals surface area (Å²) < 4.78 is 2.26. The third-order valence-corrected chi connectivity index (χ3v) is 5.78. The van der Waals surface area contributed by atoms with Crippen LogP contribution in [0.1, 0.15) is 45.7 Å². The molecule has 0 aliphatic heterocycles. The van der Waals surface area contributed by atoms with Gasteiger partial charge in [0.2, 0.25) is 17.9 Å². The first-order chi connectivity index (χ1) is 14.6. The van der Waals surface area contributed by atoms with Crippen molar-refractivity contribution in [2.24, 2.45) is 5.92 Å². The number of carbonyl (C=O) groups excluding carboxylic acids is 2. The zero-order chi connectivity index (χ0) is 20.8. The molecule has 2 N–H and O–H groups in total. The van der Waals surface area contributed by atoms with Crippen molar-refractivity contribution < 1.29 is 14.3 Å². The van der Waals surface area contributed by atoms with Crippen molar-refractivity contribution in [3.05, 3.63) is 76.6 Å². The van der Waals surface area contributed by atoms with Gasteiger partial charge in [0, 0.05) is 18.5 Å². The SMILES string of the molecule is CNC(=O)[C@@H](NC(=O)c1nn(-c2c[n+]([O-])ccn2)c2c1C[C@H]1C[C@@H]21)c1ccccc1. The molecule has 0 bridgehead atoms. The number of hydrogen-bond acceptors (Lipinski definition) is 5. The fraction of sp³-hybridized carbons (Fsp3) is 0.286. The number of fused-ring (bicyclic) bond motifs is 3. The van der Waals surface area contributed by atoms with E-state index in [1.807, 2.05) is 18.2 Å². The number of carbonyl (C=O) groups is 2. The largest absolute Gasteiger partial charge is 0.619 e. The van der Waals surface area contributed by atoms with Crippen molar-refractivity contribution in [2.45, 2.75) is 24.8 Å². The molecule has 9 heteroatoms. The van der Waals surface area contributed by atoms with Crippen LogP contribution in [0.25, 0.3) is 5.82 Å². The Balaban J connectivity index is 1.51. The van der Waals surface area contributed by atoms with E-state index in [0.717, 1.165) is 24.1 Å². The fourth-order valence-electron chi connectivity index (χ4n) is 4.24. The molecule has 3 atom stereocenters. The topological polar surface area (TPSA) is 116 Å². The molecular weight excluding hydrogens is 384 g/mol. The van der Waals surface area contributed by atoms with Crippen molar-refractivity contribution in [3.63, 3.8) is 0 Å². The molecule has 0 unspecified atom stereocenters. The molecule has 5 rings (SSSR count). The smallest absolute Gasteiger partial charge is 0.272 e. The van der Waals surface area contributed by atoms with E-state index in [1.165, 1.54) is 25.6 Å². The number of nitrogens with zero attached hydrogens (tertiary/aromatic N) is 4. The van der Waals surface area contributed by atoms with Crippen LogP contribution in [0.15, 0.2) is 48.9 Å². The molecule has 2 aromatic heterocycles. The Hall–Kier alpha value is -3.75. The van der Waals surface area contributed by atoms with Crippen molar-refractivity contribution in [1.29, 1.82) is 0 Å². The van der Waals surface area contributed by atoms with Gasteiger partial charge in [-0.3, -0.25) is 9.59 Å². The van der Waals surface area contributed by atoms with E-state index in [9.17, 15) is 14.8 Å². The number of rotatable bonds is 5. The maximum Gasteiger partial charge on any atom is 0.272 e. The predicted molar refractivity (Wildman–Crippen MR) is 106 cm³/mol. The lowest BCUT2D eigenvalue weighted by Gasteiger charge is -2.17. The van der Waals surface area contributed by atoms with Crippen molar-refractivity contribution >= 4 is 11.8 Å². The summed E-state index contributed by atoms with van der Waals surface area (Å²) in [5, 5.41) is 21.6. The van der Waals surface area contributed by atoms with Gasteiger partial charge in [-0.15, -0.1) is 0 Å². The number of amides is 2. The van der Waals surface area contributed by atoms with Gasteiger partial charge in [-0.25, -0.2) is 9.67 Å². The molecule has 3 aromatic rings. The van der Waals surface area contributed by atoms with Crippen molar-refractivity contribution in [1.82, 2.24) is 25.4 Å². The van der Waals surface area contributed by atoms with Gasteiger partial charge in [-0.2, -0.15) is 9.83 Å². The monoisotopic (exact) mass is 404 g/mol. The van der Waals surface area contributed by atoms with Crippen LogP contribution in [0.3, 0.4) is 0 Å². The quantitative estimate of drug-likeness (QED) is 0.482. The molecule has 0 saturated heterocycles. The van der Waals surface area contributed by atoms with Crippen LogP contribution in [-0.4, -0.2) is 33.6 Å². The lowest BCUT2D eigenvalue weighted by Crippen LogP contribution is -2.39. The van der Waals surface area contributed by atoms with Crippen molar-refractivity contribution in [3.8, 4) is 5.82 Å². The fourth-order valence-corrected chi connectivity index (χ4v) is 4.24. The van der Waals surface area contributed by atoms with Crippen LogP contribution in [0, 0.1) is 11.1 Å². The molecule has 2 amide bonds. The minimum Gasteiger partial charge on any atom is -0.619 e. The first kappa shape index (κ1) is 18.3. The first-order valence-electron chi connectivity index (χ1n) is 9.81. The molecule has 152 valence electrons. The van der Waals surface area contributed by atoms with Crippen molar-refractivity contribution in [2.75, 3.05) is 7.05 Å². The third-order valence-electron chi connectivity index (χ3n) is 5.78. The highest BCUT2D eigenvalue weighted by Gasteiger charge is 2.50. The molecule has 0 spiro atoms.